The first-order valence-corrected chi connectivity index (χ1v) is 56.0. The highest BCUT2D eigenvalue weighted by Crippen LogP contribution is 2.44. The zero-order valence-electron chi connectivity index (χ0n) is 95.6. The molecular weight excluding hydrogens is 1700 g/mol. The van der Waals surface area contributed by atoms with Gasteiger partial charge in [-0.2, -0.15) is 0 Å². The molecule has 0 atom stereocenters. The molecule has 0 saturated heterocycles. The molecule has 0 bridgehead atoms. The fraction of sp³-hybridized carbons (Fsp3) is 0.455. The molecule has 0 unspecified atom stereocenters. The van der Waals surface area contributed by atoms with Crippen molar-refractivity contribution in [3.63, 3.8) is 0 Å². The molecule has 0 N–H and O–H groups in total. The molecule has 0 radical (unpaired) electrons. The zero-order chi connectivity index (χ0) is 104. The minimum absolute atomic E-state index is 0.971. The van der Waals surface area contributed by atoms with E-state index in [1.807, 2.05) is 138 Å². The topological polar surface area (TPSA) is 25.9 Å². The standard InChI is InChI=1S/4C28H34N2.10C2H6/c1-5-29(6-2)25-17-21(18-26(20-25)30(7-3)8-4)16-23-13-11-14-24-19-22-12-9-10-15-27(22)28(23)24;1-5-29(6-2)24-17-21(18-25(20-24)30(7-3)8-4)16-22-13-11-15-27-26-14-10-9-12-23(26)19-28(22)27;1-5-29(6-2)25-16-22(17-26(20-25)30(7-3)8-4)15-21-13-14-24-19-23-11-9-10-12-27(23)28(24)18-21;1-5-29(6-2)25-17-22(18-26(20-25)30(7-3)8-4)15-21-13-14-28-24(16-21)19-23-11-9-10-12-27(23)28;10*1-2/h2*9-15,17-18,20H,5-8,16,19H2,1-4H3;2*9-14,16-18,20H,5-8,15,19H2,1-4H3;10*1-2H3. The highest BCUT2D eigenvalue weighted by molar-refractivity contribution is 5.83. The van der Waals surface area contributed by atoms with E-state index in [0.717, 1.165) is 156 Å². The predicted molar refractivity (Wildman–Crippen MR) is 638 cm³/mol. The third-order valence-corrected chi connectivity index (χ3v) is 26.1. The van der Waals surface area contributed by atoms with Crippen LogP contribution in [0.25, 0.3) is 44.5 Å². The van der Waals surface area contributed by atoms with Crippen LogP contribution < -0.4 is 39.2 Å². The van der Waals surface area contributed by atoms with Crippen LogP contribution in [0, 0.1) is 0 Å². The molecular formula is C132H196N8. The number of hydrogen-bond acceptors (Lipinski definition) is 8. The van der Waals surface area contributed by atoms with Gasteiger partial charge in [0, 0.05) is 150 Å². The summed E-state index contributed by atoms with van der Waals surface area (Å²) in [6, 6.07) is 91.9. The fourth-order valence-corrected chi connectivity index (χ4v) is 19.5. The van der Waals surface area contributed by atoms with Gasteiger partial charge >= 0.3 is 0 Å². The van der Waals surface area contributed by atoms with E-state index in [1.165, 1.54) is 179 Å². The number of benzene rings is 12. The van der Waals surface area contributed by atoms with Gasteiger partial charge in [0.15, 0.2) is 0 Å². The van der Waals surface area contributed by atoms with E-state index in [-0.39, 0.29) is 0 Å². The number of anilines is 8. The van der Waals surface area contributed by atoms with Gasteiger partial charge < -0.3 is 39.2 Å². The Kier molecular flexibility index (Phi) is 60.7. The average molecular weight is 1900 g/mol. The Balaban J connectivity index is 0.000000452. The largest absolute Gasteiger partial charge is 0.372 e. The Bertz CT molecular complexity index is 5260. The van der Waals surface area contributed by atoms with Gasteiger partial charge in [0.2, 0.25) is 0 Å². The van der Waals surface area contributed by atoms with Crippen molar-refractivity contribution in [1.82, 2.24) is 0 Å². The summed E-state index contributed by atoms with van der Waals surface area (Å²) in [6.45, 7) is 92.4. The maximum absolute atomic E-state index is 2.46. The van der Waals surface area contributed by atoms with Crippen LogP contribution >= 0.6 is 0 Å². The zero-order valence-corrected chi connectivity index (χ0v) is 95.6. The lowest BCUT2D eigenvalue weighted by Gasteiger charge is -2.27. The SMILES string of the molecule is CC.CC.CC.CC.CC.CC.CC.CC.CC.CC.CCN(CC)c1cc(Cc2ccc3c(c2)-c2ccccc2C3)cc(N(CC)CC)c1.CCN(CC)c1cc(Cc2ccc3c(c2)Cc2ccccc2-3)cc(N(CC)CC)c1.CCN(CC)c1cc(Cc2cccc3c2-c2ccccc2C3)cc(N(CC)CC)c1.CCN(CC)c1cc(Cc2cccc3c2Cc2ccccc2-3)cc(N(CC)CC)c1. The van der Waals surface area contributed by atoms with Crippen LogP contribution in [0.4, 0.5) is 45.5 Å². The number of fused-ring (bicyclic) bond motifs is 12. The van der Waals surface area contributed by atoms with Gasteiger partial charge in [-0.1, -0.05) is 308 Å². The normalized spacial score (nSPS) is 10.6. The van der Waals surface area contributed by atoms with Gasteiger partial charge in [-0.3, -0.25) is 0 Å². The molecule has 4 aliphatic rings. The Morgan fingerprint density at radius 2 is 0.386 bits per heavy atom. The van der Waals surface area contributed by atoms with E-state index in [9.17, 15) is 0 Å². The molecule has 0 amide bonds. The lowest BCUT2D eigenvalue weighted by Crippen LogP contribution is -2.25. The quantitative estimate of drug-likeness (QED) is 0.0412. The van der Waals surface area contributed by atoms with Crippen molar-refractivity contribution in [2.45, 2.75) is 301 Å². The highest BCUT2D eigenvalue weighted by atomic mass is 15.2. The minimum Gasteiger partial charge on any atom is -0.372 e. The lowest BCUT2D eigenvalue weighted by molar-refractivity contribution is 0.849. The Hall–Kier alpha value is -11.0. The molecule has 0 saturated carbocycles. The van der Waals surface area contributed by atoms with Gasteiger partial charge in [0.25, 0.3) is 0 Å². The molecule has 16 rings (SSSR count). The number of rotatable bonds is 32. The molecule has 8 nitrogen and oxygen atoms in total. The van der Waals surface area contributed by atoms with Crippen LogP contribution in [0.2, 0.25) is 0 Å². The molecule has 4 aliphatic carbocycles. The smallest absolute Gasteiger partial charge is 0.0389 e. The van der Waals surface area contributed by atoms with Crippen LogP contribution in [0.1, 0.15) is 338 Å². The molecule has 0 spiro atoms. The van der Waals surface area contributed by atoms with Gasteiger partial charge in [-0.15, -0.1) is 0 Å². The Labute approximate surface area is 860 Å². The van der Waals surface area contributed by atoms with Crippen LogP contribution in [0.5, 0.6) is 0 Å². The molecule has 12 aromatic carbocycles. The third kappa shape index (κ3) is 33.1. The molecule has 0 aromatic heterocycles. The van der Waals surface area contributed by atoms with E-state index >= 15 is 0 Å². The fourth-order valence-electron chi connectivity index (χ4n) is 19.5. The Morgan fingerprint density at radius 3 is 0.736 bits per heavy atom. The van der Waals surface area contributed by atoms with Gasteiger partial charge in [-0.25, -0.2) is 0 Å². The van der Waals surface area contributed by atoms with Crippen molar-refractivity contribution >= 4 is 45.5 Å². The molecule has 0 aliphatic heterocycles. The van der Waals surface area contributed by atoms with Crippen molar-refractivity contribution in [3.05, 3.63) is 332 Å². The maximum Gasteiger partial charge on any atom is 0.0389 e. The summed E-state index contributed by atoms with van der Waals surface area (Å²) in [7, 11) is 0. The van der Waals surface area contributed by atoms with Crippen molar-refractivity contribution < 1.29 is 0 Å². The third-order valence-electron chi connectivity index (χ3n) is 26.1. The second kappa shape index (κ2) is 69.0. The van der Waals surface area contributed by atoms with Gasteiger partial charge in [0.1, 0.15) is 0 Å². The summed E-state index contributed by atoms with van der Waals surface area (Å²) in [4.78, 5) is 19.7. The van der Waals surface area contributed by atoms with E-state index in [1.54, 1.807) is 0 Å². The first-order valence-electron chi connectivity index (χ1n) is 56.0. The minimum atomic E-state index is 0.971. The van der Waals surface area contributed by atoms with Gasteiger partial charge in [0.05, 0.1) is 0 Å². The van der Waals surface area contributed by atoms with Crippen molar-refractivity contribution in [3.8, 4) is 44.5 Å². The summed E-state index contributed by atoms with van der Waals surface area (Å²) in [6.07, 6.45) is 8.15. The van der Waals surface area contributed by atoms with Crippen LogP contribution in [0.3, 0.4) is 0 Å². The van der Waals surface area contributed by atoms with E-state index < -0.39 is 0 Å². The summed E-state index contributed by atoms with van der Waals surface area (Å²) < 4.78 is 0. The summed E-state index contributed by atoms with van der Waals surface area (Å²) in [5.41, 5.74) is 45.2. The maximum atomic E-state index is 2.46. The van der Waals surface area contributed by atoms with Crippen molar-refractivity contribution in [2.24, 2.45) is 0 Å². The predicted octanol–water partition coefficient (Wildman–Crippen LogP) is 36.4. The number of hydrogen-bond donors (Lipinski definition) is 0. The Morgan fingerprint density at radius 1 is 0.157 bits per heavy atom. The molecule has 12 aromatic rings. The molecule has 140 heavy (non-hydrogen) atoms. The van der Waals surface area contributed by atoms with Crippen LogP contribution in [-0.2, 0) is 51.4 Å². The second-order valence-electron chi connectivity index (χ2n) is 32.7. The molecule has 764 valence electrons. The molecule has 8 heteroatoms. The van der Waals surface area contributed by atoms with Crippen molar-refractivity contribution in [2.75, 3.05) is 144 Å². The second-order valence-corrected chi connectivity index (χ2v) is 32.7. The first-order chi connectivity index (χ1) is 68.7. The monoisotopic (exact) mass is 1890 g/mol. The molecule has 0 fully saturated rings. The van der Waals surface area contributed by atoms with Crippen LogP contribution in [0.15, 0.2) is 243 Å². The average Bonchev–Trinajstić information content (AvgIpc) is 1.62. The molecule has 0 heterocycles. The van der Waals surface area contributed by atoms with Crippen LogP contribution in [-0.4, -0.2) is 105 Å². The van der Waals surface area contributed by atoms with E-state index in [0.29, 0.717) is 0 Å². The first kappa shape index (κ1) is 123. The summed E-state index contributed by atoms with van der Waals surface area (Å²) in [5.74, 6) is 0. The van der Waals surface area contributed by atoms with Gasteiger partial charge in [-0.05, 0) is 368 Å². The number of nitrogens with zero attached hydrogens (tertiary/aromatic N) is 8. The van der Waals surface area contributed by atoms with E-state index in [2.05, 4.69) is 393 Å². The van der Waals surface area contributed by atoms with E-state index in [4.69, 9.17) is 0 Å². The lowest BCUT2D eigenvalue weighted by atomic mass is 9.94. The summed E-state index contributed by atoms with van der Waals surface area (Å²) in [5, 5.41) is 0. The van der Waals surface area contributed by atoms with Crippen molar-refractivity contribution in [1.29, 1.82) is 0 Å². The summed E-state index contributed by atoms with van der Waals surface area (Å²) >= 11 is 0. The highest BCUT2D eigenvalue weighted by Gasteiger charge is 2.26.